The highest BCUT2D eigenvalue weighted by Gasteiger charge is 2.26. The average molecular weight is 536 g/mol. The molecule has 0 amide bonds. The first-order chi connectivity index (χ1) is 19.6. The summed E-state index contributed by atoms with van der Waals surface area (Å²) in [5.74, 6) is 2.12. The molecule has 1 atom stereocenters. The Morgan fingerprint density at radius 1 is 0.900 bits per heavy atom. The molecule has 1 aromatic heterocycles. The van der Waals surface area contributed by atoms with Crippen LogP contribution in [0.3, 0.4) is 0 Å². The SMILES string of the molecule is COc1ccc([C@H]2NCCc3c2[nH]c2ccc(OCc4ccccc4)cc32)cc1COc1ccc([N+](=O)[O-])cc1. The minimum absolute atomic E-state index is 0.0196. The Morgan fingerprint density at radius 3 is 2.45 bits per heavy atom. The lowest BCUT2D eigenvalue weighted by Crippen LogP contribution is -2.30. The highest BCUT2D eigenvalue weighted by Crippen LogP contribution is 2.36. The van der Waals surface area contributed by atoms with Gasteiger partial charge in [-0.15, -0.1) is 0 Å². The van der Waals surface area contributed by atoms with Crippen LogP contribution < -0.4 is 19.5 Å². The second-order valence-corrected chi connectivity index (χ2v) is 9.75. The molecular weight excluding hydrogens is 506 g/mol. The van der Waals surface area contributed by atoms with Crippen molar-refractivity contribution in [1.82, 2.24) is 10.3 Å². The summed E-state index contributed by atoms with van der Waals surface area (Å²) in [4.78, 5) is 14.2. The van der Waals surface area contributed by atoms with Crippen LogP contribution in [0, 0.1) is 10.1 Å². The fraction of sp³-hybridized carbons (Fsp3) is 0.188. The fourth-order valence-corrected chi connectivity index (χ4v) is 5.24. The lowest BCUT2D eigenvalue weighted by molar-refractivity contribution is -0.384. The summed E-state index contributed by atoms with van der Waals surface area (Å²) in [7, 11) is 1.64. The molecule has 1 aliphatic heterocycles. The molecule has 0 unspecified atom stereocenters. The molecule has 0 spiro atoms. The van der Waals surface area contributed by atoms with Gasteiger partial charge in [0.2, 0.25) is 0 Å². The van der Waals surface area contributed by atoms with Crippen LogP contribution in [-0.2, 0) is 19.6 Å². The zero-order valence-corrected chi connectivity index (χ0v) is 22.1. The van der Waals surface area contributed by atoms with Crippen LogP contribution in [0.25, 0.3) is 10.9 Å². The first-order valence-electron chi connectivity index (χ1n) is 13.2. The fourth-order valence-electron chi connectivity index (χ4n) is 5.24. The number of nitro groups is 1. The molecule has 2 N–H and O–H groups in total. The number of ether oxygens (including phenoxy) is 3. The summed E-state index contributed by atoms with van der Waals surface area (Å²) < 4.78 is 17.7. The van der Waals surface area contributed by atoms with E-state index in [4.69, 9.17) is 14.2 Å². The van der Waals surface area contributed by atoms with Crippen molar-refractivity contribution in [1.29, 1.82) is 0 Å². The number of fused-ring (bicyclic) bond motifs is 3. The van der Waals surface area contributed by atoms with Gasteiger partial charge in [0.15, 0.2) is 0 Å². The molecule has 0 fully saturated rings. The van der Waals surface area contributed by atoms with Crippen LogP contribution in [0.5, 0.6) is 17.2 Å². The summed E-state index contributed by atoms with van der Waals surface area (Å²) >= 11 is 0. The van der Waals surface area contributed by atoms with Crippen molar-refractivity contribution >= 4 is 16.6 Å². The summed E-state index contributed by atoms with van der Waals surface area (Å²) in [6.45, 7) is 1.64. The van der Waals surface area contributed by atoms with E-state index in [0.29, 0.717) is 12.4 Å². The van der Waals surface area contributed by atoms with Crippen LogP contribution in [-0.4, -0.2) is 23.6 Å². The lowest BCUT2D eigenvalue weighted by atomic mass is 9.93. The zero-order chi connectivity index (χ0) is 27.5. The van der Waals surface area contributed by atoms with Crippen LogP contribution in [0.1, 0.15) is 34.0 Å². The summed E-state index contributed by atoms with van der Waals surface area (Å²) in [6.07, 6.45) is 0.917. The van der Waals surface area contributed by atoms with E-state index in [9.17, 15) is 10.1 Å². The predicted octanol–water partition coefficient (Wildman–Crippen LogP) is 6.48. The van der Waals surface area contributed by atoms with Crippen LogP contribution in [0.4, 0.5) is 5.69 Å². The summed E-state index contributed by atoms with van der Waals surface area (Å²) in [5, 5.41) is 15.8. The number of methoxy groups -OCH3 is 1. The van der Waals surface area contributed by atoms with E-state index in [1.807, 2.05) is 30.3 Å². The molecule has 2 heterocycles. The van der Waals surface area contributed by atoms with Crippen LogP contribution in [0.2, 0.25) is 0 Å². The average Bonchev–Trinajstić information content (AvgIpc) is 3.38. The maximum atomic E-state index is 10.9. The molecular formula is C32H29N3O5. The van der Waals surface area contributed by atoms with Gasteiger partial charge in [-0.25, -0.2) is 0 Å². The maximum Gasteiger partial charge on any atom is 0.269 e. The van der Waals surface area contributed by atoms with Gasteiger partial charge in [-0.05, 0) is 65.6 Å². The smallest absolute Gasteiger partial charge is 0.269 e. The molecule has 202 valence electrons. The van der Waals surface area contributed by atoms with E-state index in [0.717, 1.165) is 52.4 Å². The molecule has 0 saturated carbocycles. The maximum absolute atomic E-state index is 10.9. The number of rotatable bonds is 9. The predicted molar refractivity (Wildman–Crippen MR) is 153 cm³/mol. The van der Waals surface area contributed by atoms with Gasteiger partial charge in [-0.2, -0.15) is 0 Å². The topological polar surface area (TPSA) is 98.7 Å². The van der Waals surface area contributed by atoms with Crippen molar-refractivity contribution < 1.29 is 19.1 Å². The first kappa shape index (κ1) is 25.5. The molecule has 0 radical (unpaired) electrons. The van der Waals surface area contributed by atoms with Crippen molar-refractivity contribution in [3.63, 3.8) is 0 Å². The Balaban J connectivity index is 1.24. The quantitative estimate of drug-likeness (QED) is 0.166. The van der Waals surface area contributed by atoms with E-state index in [2.05, 4.69) is 46.7 Å². The van der Waals surface area contributed by atoms with E-state index in [-0.39, 0.29) is 18.3 Å². The largest absolute Gasteiger partial charge is 0.496 e. The number of hydrogen-bond acceptors (Lipinski definition) is 6. The van der Waals surface area contributed by atoms with E-state index < -0.39 is 4.92 Å². The van der Waals surface area contributed by atoms with Gasteiger partial charge in [0.05, 0.1) is 18.1 Å². The third-order valence-electron chi connectivity index (χ3n) is 7.25. The van der Waals surface area contributed by atoms with Gasteiger partial charge in [0.25, 0.3) is 5.69 Å². The Hall–Kier alpha value is -4.82. The molecule has 4 aromatic carbocycles. The third kappa shape index (κ3) is 5.21. The molecule has 1 aliphatic rings. The number of H-pyrrole nitrogens is 1. The molecule has 40 heavy (non-hydrogen) atoms. The second kappa shape index (κ2) is 11.1. The highest BCUT2D eigenvalue weighted by atomic mass is 16.6. The minimum Gasteiger partial charge on any atom is -0.496 e. The van der Waals surface area contributed by atoms with Gasteiger partial charge < -0.3 is 24.5 Å². The Bertz CT molecular complexity index is 1650. The number of benzene rings is 4. The van der Waals surface area contributed by atoms with Crippen molar-refractivity contribution in [3.05, 3.63) is 129 Å². The van der Waals surface area contributed by atoms with Gasteiger partial charge >= 0.3 is 0 Å². The number of aromatic amines is 1. The zero-order valence-electron chi connectivity index (χ0n) is 22.1. The monoisotopic (exact) mass is 535 g/mol. The first-order valence-corrected chi connectivity index (χ1v) is 13.2. The number of nitrogens with zero attached hydrogens (tertiary/aromatic N) is 1. The molecule has 6 rings (SSSR count). The summed E-state index contributed by atoms with van der Waals surface area (Å²) in [5.41, 5.74) is 6.67. The molecule has 0 bridgehead atoms. The van der Waals surface area contributed by atoms with Gasteiger partial charge in [0.1, 0.15) is 30.5 Å². The number of aromatic nitrogens is 1. The molecule has 8 heteroatoms. The van der Waals surface area contributed by atoms with Crippen molar-refractivity contribution in [2.24, 2.45) is 0 Å². The van der Waals surface area contributed by atoms with Gasteiger partial charge in [-0.3, -0.25) is 10.1 Å². The van der Waals surface area contributed by atoms with E-state index >= 15 is 0 Å². The van der Waals surface area contributed by atoms with Crippen LogP contribution >= 0.6 is 0 Å². The Kier molecular flexibility index (Phi) is 7.08. The number of nitro benzene ring substituents is 1. The van der Waals surface area contributed by atoms with Gasteiger partial charge in [-0.1, -0.05) is 36.4 Å². The molecule has 5 aromatic rings. The van der Waals surface area contributed by atoms with Crippen molar-refractivity contribution in [3.8, 4) is 17.2 Å². The number of nitrogens with one attached hydrogen (secondary N) is 2. The van der Waals surface area contributed by atoms with Crippen molar-refractivity contribution in [2.75, 3.05) is 13.7 Å². The van der Waals surface area contributed by atoms with Crippen LogP contribution in [0.15, 0.2) is 91.0 Å². The highest BCUT2D eigenvalue weighted by molar-refractivity contribution is 5.86. The van der Waals surface area contributed by atoms with E-state index in [1.54, 1.807) is 19.2 Å². The molecule has 0 aliphatic carbocycles. The molecule has 8 nitrogen and oxygen atoms in total. The van der Waals surface area contributed by atoms with Crippen molar-refractivity contribution in [2.45, 2.75) is 25.7 Å². The number of non-ortho nitro benzene ring substituents is 1. The molecule has 0 saturated heterocycles. The standard InChI is InChI=1S/C32H29N3O5/c1-38-30-14-7-22(17-23(30)20-40-25-10-8-24(9-11-25)35(36)37)31-32-27(15-16-33-31)28-18-26(12-13-29(28)34-32)39-19-21-5-3-2-4-6-21/h2-14,17-18,31,33-34H,15-16,19-20H2,1H3/t31-/m1/s1. The van der Waals surface area contributed by atoms with E-state index in [1.165, 1.54) is 23.1 Å². The Labute approximate surface area is 231 Å². The third-order valence-corrected chi connectivity index (χ3v) is 7.25. The normalized spacial score (nSPS) is 14.5. The lowest BCUT2D eigenvalue weighted by Gasteiger charge is -2.25. The Morgan fingerprint density at radius 2 is 1.68 bits per heavy atom. The minimum atomic E-state index is -0.426. The second-order valence-electron chi connectivity index (χ2n) is 9.75. The summed E-state index contributed by atoms with van der Waals surface area (Å²) in [6, 6.07) is 28.6. The van der Waals surface area contributed by atoms with Gasteiger partial charge in [0, 0.05) is 40.8 Å². The number of hydrogen-bond donors (Lipinski definition) is 2.